The number of hydrogen-bond acceptors (Lipinski definition) is 1. The Kier molecular flexibility index (Phi) is 3.75. The van der Waals surface area contributed by atoms with Gasteiger partial charge in [0.05, 0.1) is 6.10 Å². The summed E-state index contributed by atoms with van der Waals surface area (Å²) in [5.74, 6) is 0.935. The van der Waals surface area contributed by atoms with E-state index in [1.54, 1.807) is 0 Å². The average Bonchev–Trinajstić information content (AvgIpc) is 2.18. The summed E-state index contributed by atoms with van der Waals surface area (Å²) in [6.07, 6.45) is 1.31. The number of hydrogen-bond donors (Lipinski definition) is 0. The molecule has 1 heteroatoms. The van der Waals surface area contributed by atoms with Crippen LogP contribution in [0.5, 0.6) is 5.75 Å². The first-order chi connectivity index (χ1) is 6.63. The zero-order valence-electron chi connectivity index (χ0n) is 9.21. The Labute approximate surface area is 86.4 Å². The molecule has 1 nitrogen and oxygen atoms in total. The monoisotopic (exact) mass is 190 g/mol. The Morgan fingerprint density at radius 1 is 1.36 bits per heavy atom. The van der Waals surface area contributed by atoms with E-state index in [9.17, 15) is 0 Å². The molecule has 0 N–H and O–H groups in total. The summed E-state index contributed by atoms with van der Waals surface area (Å²) in [5, 5.41) is 0. The van der Waals surface area contributed by atoms with E-state index in [4.69, 9.17) is 4.74 Å². The predicted molar refractivity (Wildman–Crippen MR) is 61.5 cm³/mol. The molecule has 0 fully saturated rings. The van der Waals surface area contributed by atoms with Crippen molar-refractivity contribution < 1.29 is 4.74 Å². The molecule has 1 aromatic carbocycles. The van der Waals surface area contributed by atoms with Crippen molar-refractivity contribution in [3.63, 3.8) is 0 Å². The van der Waals surface area contributed by atoms with Crippen molar-refractivity contribution in [2.24, 2.45) is 0 Å². The van der Waals surface area contributed by atoms with Gasteiger partial charge in [-0.2, -0.15) is 0 Å². The fourth-order valence-corrected chi connectivity index (χ4v) is 1.13. The van der Waals surface area contributed by atoms with Gasteiger partial charge in [0.15, 0.2) is 0 Å². The summed E-state index contributed by atoms with van der Waals surface area (Å²) in [7, 11) is 0. The molecule has 0 aliphatic rings. The lowest BCUT2D eigenvalue weighted by Gasteiger charge is -2.12. The molecular formula is C13H18O. The van der Waals surface area contributed by atoms with Crippen LogP contribution >= 0.6 is 0 Å². The minimum absolute atomic E-state index is 0.283. The molecule has 1 atom stereocenters. The summed E-state index contributed by atoms with van der Waals surface area (Å²) < 4.78 is 5.67. The molecule has 0 bridgehead atoms. The van der Waals surface area contributed by atoms with Crippen LogP contribution in [0.2, 0.25) is 0 Å². The molecule has 14 heavy (non-hydrogen) atoms. The van der Waals surface area contributed by atoms with Crippen molar-refractivity contribution >= 4 is 5.57 Å². The van der Waals surface area contributed by atoms with E-state index in [0.29, 0.717) is 0 Å². The molecule has 0 radical (unpaired) electrons. The number of rotatable bonds is 4. The first-order valence-electron chi connectivity index (χ1n) is 5.06. The second-order valence-electron chi connectivity index (χ2n) is 3.64. The molecule has 0 aliphatic heterocycles. The van der Waals surface area contributed by atoms with Gasteiger partial charge < -0.3 is 4.74 Å². The minimum atomic E-state index is 0.283. The molecule has 0 aromatic heterocycles. The van der Waals surface area contributed by atoms with Crippen molar-refractivity contribution in [3.8, 4) is 5.75 Å². The normalized spacial score (nSPS) is 12.2. The Balaban J connectivity index is 2.68. The molecule has 0 spiro atoms. The predicted octanol–water partition coefficient (Wildman–Crippen LogP) is 3.90. The van der Waals surface area contributed by atoms with Crippen LogP contribution in [0.4, 0.5) is 0 Å². The van der Waals surface area contributed by atoms with Gasteiger partial charge in [0, 0.05) is 0 Å². The molecule has 0 saturated carbocycles. The first-order valence-corrected chi connectivity index (χ1v) is 5.06. The van der Waals surface area contributed by atoms with E-state index < -0.39 is 0 Å². The van der Waals surface area contributed by atoms with Gasteiger partial charge in [0.25, 0.3) is 0 Å². The highest BCUT2D eigenvalue weighted by Gasteiger charge is 2.00. The molecule has 0 amide bonds. The van der Waals surface area contributed by atoms with Crippen molar-refractivity contribution in [1.82, 2.24) is 0 Å². The van der Waals surface area contributed by atoms with Gasteiger partial charge in [-0.15, -0.1) is 0 Å². The van der Waals surface area contributed by atoms with Gasteiger partial charge in [-0.05, 0) is 38.0 Å². The SMILES string of the molecule is C=C(C)c1ccc(OC(C)CC)cc1. The smallest absolute Gasteiger partial charge is 0.119 e. The highest BCUT2D eigenvalue weighted by Crippen LogP contribution is 2.18. The summed E-state index contributed by atoms with van der Waals surface area (Å²) in [6, 6.07) is 8.08. The van der Waals surface area contributed by atoms with Gasteiger partial charge in [-0.3, -0.25) is 0 Å². The van der Waals surface area contributed by atoms with Crippen LogP contribution in [0.1, 0.15) is 32.8 Å². The van der Waals surface area contributed by atoms with Crippen molar-refractivity contribution in [1.29, 1.82) is 0 Å². The fourth-order valence-electron chi connectivity index (χ4n) is 1.13. The van der Waals surface area contributed by atoms with E-state index in [0.717, 1.165) is 17.7 Å². The van der Waals surface area contributed by atoms with E-state index in [1.807, 2.05) is 31.2 Å². The summed E-state index contributed by atoms with van der Waals surface area (Å²) in [4.78, 5) is 0. The van der Waals surface area contributed by atoms with Gasteiger partial charge in [-0.1, -0.05) is 31.2 Å². The molecule has 76 valence electrons. The van der Waals surface area contributed by atoms with Crippen LogP contribution in [-0.4, -0.2) is 6.10 Å². The molecule has 1 rings (SSSR count). The van der Waals surface area contributed by atoms with Crippen LogP contribution in [0.25, 0.3) is 5.57 Å². The summed E-state index contributed by atoms with van der Waals surface area (Å²) in [6.45, 7) is 10.1. The molecule has 0 saturated heterocycles. The maximum atomic E-state index is 5.67. The van der Waals surface area contributed by atoms with Crippen LogP contribution in [0.3, 0.4) is 0 Å². The third-order valence-corrected chi connectivity index (χ3v) is 2.26. The Morgan fingerprint density at radius 2 is 1.93 bits per heavy atom. The van der Waals surface area contributed by atoms with E-state index in [1.165, 1.54) is 5.56 Å². The van der Waals surface area contributed by atoms with Gasteiger partial charge >= 0.3 is 0 Å². The standard InChI is InChI=1S/C13H18O/c1-5-11(4)14-13-8-6-12(7-9-13)10(2)3/h6-9,11H,2,5H2,1,3-4H3. The maximum absolute atomic E-state index is 5.67. The highest BCUT2D eigenvalue weighted by atomic mass is 16.5. The lowest BCUT2D eigenvalue weighted by atomic mass is 10.1. The highest BCUT2D eigenvalue weighted by molar-refractivity contribution is 5.61. The van der Waals surface area contributed by atoms with Gasteiger partial charge in [0.1, 0.15) is 5.75 Å². The Morgan fingerprint density at radius 3 is 2.36 bits per heavy atom. The number of ether oxygens (including phenoxy) is 1. The number of allylic oxidation sites excluding steroid dienone is 1. The maximum Gasteiger partial charge on any atom is 0.119 e. The summed E-state index contributed by atoms with van der Waals surface area (Å²) in [5.41, 5.74) is 2.25. The second-order valence-corrected chi connectivity index (χ2v) is 3.64. The largest absolute Gasteiger partial charge is 0.491 e. The Hall–Kier alpha value is -1.24. The Bertz CT molecular complexity index is 298. The molecule has 1 aromatic rings. The number of benzene rings is 1. The topological polar surface area (TPSA) is 9.23 Å². The third kappa shape index (κ3) is 2.91. The lowest BCUT2D eigenvalue weighted by Crippen LogP contribution is -2.09. The fraction of sp³-hybridized carbons (Fsp3) is 0.385. The van der Waals surface area contributed by atoms with Crippen LogP contribution in [0, 0.1) is 0 Å². The molecule has 0 aliphatic carbocycles. The third-order valence-electron chi connectivity index (χ3n) is 2.26. The van der Waals surface area contributed by atoms with Crippen LogP contribution in [-0.2, 0) is 0 Å². The van der Waals surface area contributed by atoms with E-state index in [2.05, 4.69) is 20.4 Å². The zero-order chi connectivity index (χ0) is 10.6. The van der Waals surface area contributed by atoms with Gasteiger partial charge in [-0.25, -0.2) is 0 Å². The van der Waals surface area contributed by atoms with E-state index >= 15 is 0 Å². The van der Waals surface area contributed by atoms with Gasteiger partial charge in [0.2, 0.25) is 0 Å². The zero-order valence-corrected chi connectivity index (χ0v) is 9.21. The first kappa shape index (κ1) is 10.8. The van der Waals surface area contributed by atoms with Crippen LogP contribution < -0.4 is 4.74 Å². The van der Waals surface area contributed by atoms with Crippen molar-refractivity contribution in [2.45, 2.75) is 33.3 Å². The quantitative estimate of drug-likeness (QED) is 0.699. The second kappa shape index (κ2) is 4.85. The average molecular weight is 190 g/mol. The minimum Gasteiger partial charge on any atom is -0.491 e. The van der Waals surface area contributed by atoms with Crippen molar-refractivity contribution in [2.75, 3.05) is 0 Å². The van der Waals surface area contributed by atoms with Crippen LogP contribution in [0.15, 0.2) is 30.8 Å². The van der Waals surface area contributed by atoms with E-state index in [-0.39, 0.29) is 6.10 Å². The molecular weight excluding hydrogens is 172 g/mol. The van der Waals surface area contributed by atoms with Crippen molar-refractivity contribution in [3.05, 3.63) is 36.4 Å². The molecule has 1 unspecified atom stereocenters. The summed E-state index contributed by atoms with van der Waals surface area (Å²) >= 11 is 0. The molecule has 0 heterocycles. The lowest BCUT2D eigenvalue weighted by molar-refractivity contribution is 0.217.